The zero-order valence-corrected chi connectivity index (χ0v) is 13.1. The van der Waals surface area contributed by atoms with Gasteiger partial charge in [-0.25, -0.2) is 0 Å². The Morgan fingerprint density at radius 3 is 2.78 bits per heavy atom. The van der Waals surface area contributed by atoms with Crippen molar-refractivity contribution >= 4 is 47.2 Å². The predicted octanol–water partition coefficient (Wildman–Crippen LogP) is 4.47. The van der Waals surface area contributed by atoms with Crippen LogP contribution in [0.3, 0.4) is 0 Å². The lowest BCUT2D eigenvalue weighted by Gasteiger charge is -2.02. The smallest absolute Gasteiger partial charge is 0.152 e. The molecular weight excluding hydrogens is 357 g/mol. The Labute approximate surface area is 123 Å². The van der Waals surface area contributed by atoms with Gasteiger partial charge in [0.25, 0.3) is 0 Å². The molecule has 0 amide bonds. The standard InChI is InChI=1S/C12H6INOS.C2H6/c13-16-5-4-9-2-1-3-10-6-14-7-11(8-15)12(9)10;1-2/h1-3,6-8H;1-2H3. The first-order valence-corrected chi connectivity index (χ1v) is 8.83. The van der Waals surface area contributed by atoms with Crippen LogP contribution in [0.2, 0.25) is 0 Å². The summed E-state index contributed by atoms with van der Waals surface area (Å²) >= 11 is 2.12. The Hall–Kier alpha value is -1.06. The molecule has 0 N–H and O–H groups in total. The second-order valence-electron chi connectivity index (χ2n) is 3.05. The summed E-state index contributed by atoms with van der Waals surface area (Å²) in [4.78, 5) is 15.0. The second kappa shape index (κ2) is 8.11. The first-order chi connectivity index (χ1) is 8.86. The van der Waals surface area contributed by atoms with Crippen molar-refractivity contribution in [3.63, 3.8) is 0 Å². The van der Waals surface area contributed by atoms with Gasteiger partial charge in [0.05, 0.1) is 0 Å². The summed E-state index contributed by atoms with van der Waals surface area (Å²) in [6.45, 7) is 4.00. The van der Waals surface area contributed by atoms with Crippen LogP contribution in [0.5, 0.6) is 0 Å². The lowest BCUT2D eigenvalue weighted by Crippen LogP contribution is -1.89. The van der Waals surface area contributed by atoms with E-state index in [4.69, 9.17) is 0 Å². The number of aromatic nitrogens is 1. The van der Waals surface area contributed by atoms with Gasteiger partial charge in [0.2, 0.25) is 0 Å². The second-order valence-corrected chi connectivity index (χ2v) is 4.73. The van der Waals surface area contributed by atoms with Gasteiger partial charge in [-0.3, -0.25) is 9.78 Å². The normalized spacial score (nSPS) is 8.83. The molecule has 0 saturated carbocycles. The van der Waals surface area contributed by atoms with Gasteiger partial charge in [0, 0.05) is 55.5 Å². The number of fused-ring (bicyclic) bond motifs is 1. The molecule has 1 heterocycles. The van der Waals surface area contributed by atoms with E-state index in [1.807, 2.05) is 32.0 Å². The molecule has 1 aromatic heterocycles. The van der Waals surface area contributed by atoms with Crippen molar-refractivity contribution in [2.24, 2.45) is 0 Å². The maximum Gasteiger partial charge on any atom is 0.152 e. The Balaban J connectivity index is 0.000000771. The lowest BCUT2D eigenvalue weighted by atomic mass is 10.0. The van der Waals surface area contributed by atoms with Crippen LogP contribution in [0.15, 0.2) is 30.6 Å². The number of benzene rings is 1. The molecule has 2 aromatic rings. The molecule has 0 aliphatic carbocycles. The van der Waals surface area contributed by atoms with Crippen LogP contribution < -0.4 is 0 Å². The summed E-state index contributed by atoms with van der Waals surface area (Å²) in [7, 11) is 1.42. The van der Waals surface area contributed by atoms with E-state index in [1.54, 1.807) is 12.4 Å². The van der Waals surface area contributed by atoms with Crippen LogP contribution in [0, 0.1) is 11.2 Å². The van der Waals surface area contributed by atoms with Gasteiger partial charge in [-0.05, 0) is 20.3 Å². The third-order valence-electron chi connectivity index (χ3n) is 2.16. The van der Waals surface area contributed by atoms with Gasteiger partial charge in [0.15, 0.2) is 6.29 Å². The average Bonchev–Trinajstić information content (AvgIpc) is 2.46. The van der Waals surface area contributed by atoms with Crippen molar-refractivity contribution in [3.8, 4) is 11.2 Å². The highest BCUT2D eigenvalue weighted by Gasteiger charge is 2.04. The fraction of sp³-hybridized carbons (Fsp3) is 0.143. The Kier molecular flexibility index (Phi) is 6.76. The van der Waals surface area contributed by atoms with Crippen molar-refractivity contribution in [2.75, 3.05) is 0 Å². The molecule has 0 unspecified atom stereocenters. The molecule has 2 nitrogen and oxygen atoms in total. The van der Waals surface area contributed by atoms with Crippen molar-refractivity contribution in [3.05, 3.63) is 41.7 Å². The average molecular weight is 369 g/mol. The van der Waals surface area contributed by atoms with Gasteiger partial charge in [-0.2, -0.15) is 0 Å². The largest absolute Gasteiger partial charge is 0.298 e. The minimum absolute atomic E-state index is 0.584. The minimum atomic E-state index is 0.584. The molecule has 92 valence electrons. The number of pyridine rings is 1. The summed E-state index contributed by atoms with van der Waals surface area (Å²) in [6.07, 6.45) is 4.13. The van der Waals surface area contributed by atoms with Gasteiger partial charge in [-0.15, -0.1) is 0 Å². The number of hydrogen-bond donors (Lipinski definition) is 0. The van der Waals surface area contributed by atoms with Crippen molar-refractivity contribution in [1.29, 1.82) is 0 Å². The van der Waals surface area contributed by atoms with Gasteiger partial charge < -0.3 is 0 Å². The number of halogens is 1. The third-order valence-corrected chi connectivity index (χ3v) is 3.00. The highest BCUT2D eigenvalue weighted by Crippen LogP contribution is 2.20. The van der Waals surface area contributed by atoms with E-state index >= 15 is 0 Å². The van der Waals surface area contributed by atoms with E-state index in [9.17, 15) is 4.79 Å². The number of aldehydes is 1. The summed E-state index contributed by atoms with van der Waals surface area (Å²) in [5.74, 6) is 3.03. The maximum atomic E-state index is 11.0. The lowest BCUT2D eigenvalue weighted by molar-refractivity contribution is 0.112. The van der Waals surface area contributed by atoms with E-state index in [2.05, 4.69) is 37.4 Å². The van der Waals surface area contributed by atoms with Crippen LogP contribution in [0.25, 0.3) is 10.8 Å². The predicted molar refractivity (Wildman–Crippen MR) is 87.0 cm³/mol. The van der Waals surface area contributed by atoms with Crippen LogP contribution in [-0.4, -0.2) is 11.3 Å². The Bertz CT molecular complexity index is 596. The van der Waals surface area contributed by atoms with E-state index in [1.165, 1.54) is 8.93 Å². The summed E-state index contributed by atoms with van der Waals surface area (Å²) in [5.41, 5.74) is 1.45. The molecule has 0 aliphatic rings. The van der Waals surface area contributed by atoms with E-state index in [0.717, 1.165) is 22.6 Å². The topological polar surface area (TPSA) is 30.0 Å². The quantitative estimate of drug-likeness (QED) is 0.422. The molecule has 0 radical (unpaired) electrons. The zero-order chi connectivity index (χ0) is 13.4. The van der Waals surface area contributed by atoms with E-state index in [-0.39, 0.29) is 0 Å². The molecule has 0 saturated heterocycles. The molecule has 0 fully saturated rings. The molecule has 4 heteroatoms. The fourth-order valence-electron chi connectivity index (χ4n) is 1.53. The first-order valence-electron chi connectivity index (χ1n) is 5.47. The molecule has 0 atom stereocenters. The highest BCUT2D eigenvalue weighted by molar-refractivity contribution is 14.2. The van der Waals surface area contributed by atoms with Crippen molar-refractivity contribution < 1.29 is 4.79 Å². The van der Waals surface area contributed by atoms with Crippen LogP contribution >= 0.6 is 30.1 Å². The summed E-state index contributed by atoms with van der Waals surface area (Å²) in [6, 6.07) is 5.76. The Morgan fingerprint density at radius 2 is 2.11 bits per heavy atom. The van der Waals surface area contributed by atoms with Crippen molar-refractivity contribution in [2.45, 2.75) is 13.8 Å². The fourth-order valence-corrected chi connectivity index (χ4v) is 2.01. The van der Waals surface area contributed by atoms with E-state index < -0.39 is 0 Å². The molecular formula is C14H12INOS. The SMILES string of the molecule is CC.O=Cc1cncc2cccc(C#CSI)c12. The molecule has 0 spiro atoms. The third kappa shape index (κ3) is 3.47. The molecule has 0 bridgehead atoms. The monoisotopic (exact) mass is 369 g/mol. The number of nitrogens with zero attached hydrogens (tertiary/aromatic N) is 1. The minimum Gasteiger partial charge on any atom is -0.298 e. The van der Waals surface area contributed by atoms with Crippen LogP contribution in [-0.2, 0) is 0 Å². The summed E-state index contributed by atoms with van der Waals surface area (Å²) in [5, 5.41) is 4.74. The first kappa shape index (κ1) is 15.0. The van der Waals surface area contributed by atoms with Gasteiger partial charge >= 0.3 is 0 Å². The van der Waals surface area contributed by atoms with Gasteiger partial charge in [-0.1, -0.05) is 31.9 Å². The maximum absolute atomic E-state index is 11.0. The highest BCUT2D eigenvalue weighted by atomic mass is 127. The molecule has 18 heavy (non-hydrogen) atoms. The number of rotatable bonds is 1. The molecule has 1 aromatic carbocycles. The Morgan fingerprint density at radius 1 is 1.33 bits per heavy atom. The summed E-state index contributed by atoms with van der Waals surface area (Å²) < 4.78 is 0. The number of carbonyl (C=O) groups is 1. The zero-order valence-electron chi connectivity index (χ0n) is 10.1. The molecule has 2 rings (SSSR count). The van der Waals surface area contributed by atoms with E-state index in [0.29, 0.717) is 5.56 Å². The molecule has 0 aliphatic heterocycles. The number of carbonyl (C=O) groups excluding carboxylic acids is 1. The van der Waals surface area contributed by atoms with Crippen LogP contribution in [0.1, 0.15) is 29.8 Å². The van der Waals surface area contributed by atoms with Crippen LogP contribution in [0.4, 0.5) is 0 Å². The van der Waals surface area contributed by atoms with Crippen molar-refractivity contribution in [1.82, 2.24) is 4.98 Å². The number of hydrogen-bond acceptors (Lipinski definition) is 3. The van der Waals surface area contributed by atoms with Gasteiger partial charge in [0.1, 0.15) is 0 Å².